The highest BCUT2D eigenvalue weighted by atomic mass is 16.7. The third kappa shape index (κ3) is 2.23. The van der Waals surface area contributed by atoms with E-state index in [4.69, 9.17) is 9.47 Å². The van der Waals surface area contributed by atoms with Crippen LogP contribution in [0.5, 0.6) is 11.5 Å². The van der Waals surface area contributed by atoms with Crippen molar-refractivity contribution in [2.24, 2.45) is 0 Å². The van der Waals surface area contributed by atoms with Crippen LogP contribution in [0.25, 0.3) is 16.8 Å². The lowest BCUT2D eigenvalue weighted by molar-refractivity contribution is 0.174. The SMILES string of the molecule is OC[C@@H]1CCCN1c1ccnc2c(-c3ccc4c(c3)OCO4)cnn12. The smallest absolute Gasteiger partial charge is 0.231 e. The van der Waals surface area contributed by atoms with Gasteiger partial charge in [0.25, 0.3) is 0 Å². The predicted molar refractivity (Wildman–Crippen MR) is 92.0 cm³/mol. The first-order valence-corrected chi connectivity index (χ1v) is 8.45. The van der Waals surface area contributed by atoms with Crippen LogP contribution in [0.2, 0.25) is 0 Å². The molecule has 1 fully saturated rings. The summed E-state index contributed by atoms with van der Waals surface area (Å²) in [7, 11) is 0. The van der Waals surface area contributed by atoms with Crippen molar-refractivity contribution in [3.8, 4) is 22.6 Å². The second-order valence-electron chi connectivity index (χ2n) is 6.34. The van der Waals surface area contributed by atoms with Crippen LogP contribution < -0.4 is 14.4 Å². The van der Waals surface area contributed by atoms with E-state index in [1.807, 2.05) is 35.0 Å². The van der Waals surface area contributed by atoms with Crippen LogP contribution in [0.3, 0.4) is 0 Å². The number of ether oxygens (including phenoxy) is 2. The summed E-state index contributed by atoms with van der Waals surface area (Å²) >= 11 is 0. The van der Waals surface area contributed by atoms with E-state index in [9.17, 15) is 5.11 Å². The second-order valence-corrected chi connectivity index (χ2v) is 6.34. The zero-order chi connectivity index (χ0) is 16.8. The van der Waals surface area contributed by atoms with E-state index < -0.39 is 0 Å². The molecule has 128 valence electrons. The van der Waals surface area contributed by atoms with Gasteiger partial charge in [0.2, 0.25) is 6.79 Å². The molecule has 1 saturated heterocycles. The standard InChI is InChI=1S/C18H18N4O3/c23-10-13-2-1-7-21(13)17-5-6-19-18-14(9-20-22(17)18)12-3-4-15-16(8-12)25-11-24-15/h3-6,8-9,13,23H,1-2,7,10-11H2/t13-/m0/s1. The van der Waals surface area contributed by atoms with Crippen LogP contribution in [-0.2, 0) is 0 Å². The topological polar surface area (TPSA) is 72.1 Å². The van der Waals surface area contributed by atoms with Crippen LogP contribution >= 0.6 is 0 Å². The van der Waals surface area contributed by atoms with Gasteiger partial charge in [-0.3, -0.25) is 0 Å². The van der Waals surface area contributed by atoms with Crippen molar-refractivity contribution in [3.05, 3.63) is 36.7 Å². The summed E-state index contributed by atoms with van der Waals surface area (Å²) < 4.78 is 12.7. The first kappa shape index (κ1) is 14.5. The third-order valence-electron chi connectivity index (χ3n) is 4.95. The minimum atomic E-state index is 0.142. The van der Waals surface area contributed by atoms with Crippen molar-refractivity contribution >= 4 is 11.5 Å². The summed E-state index contributed by atoms with van der Waals surface area (Å²) in [5.74, 6) is 2.47. The second kappa shape index (κ2) is 5.63. The number of fused-ring (bicyclic) bond motifs is 2. The average Bonchev–Trinajstić information content (AvgIpc) is 3.38. The van der Waals surface area contributed by atoms with E-state index in [0.717, 1.165) is 53.5 Å². The molecule has 1 N–H and O–H groups in total. The van der Waals surface area contributed by atoms with E-state index in [-0.39, 0.29) is 19.4 Å². The fourth-order valence-corrected chi connectivity index (χ4v) is 3.69. The average molecular weight is 338 g/mol. The Hall–Kier alpha value is -2.80. The lowest BCUT2D eigenvalue weighted by Gasteiger charge is -2.25. The molecule has 5 rings (SSSR count). The van der Waals surface area contributed by atoms with Gasteiger partial charge in [0.1, 0.15) is 5.82 Å². The van der Waals surface area contributed by atoms with Crippen molar-refractivity contribution < 1.29 is 14.6 Å². The predicted octanol–water partition coefficient (Wildman–Crippen LogP) is 2.09. The number of benzene rings is 1. The molecule has 0 amide bonds. The number of aliphatic hydroxyl groups excluding tert-OH is 1. The molecule has 0 bridgehead atoms. The lowest BCUT2D eigenvalue weighted by atomic mass is 10.1. The molecule has 7 heteroatoms. The van der Waals surface area contributed by atoms with Gasteiger partial charge in [0.05, 0.1) is 18.8 Å². The number of rotatable bonds is 3. The molecule has 1 atom stereocenters. The summed E-state index contributed by atoms with van der Waals surface area (Å²) in [6.07, 6.45) is 5.70. The fourth-order valence-electron chi connectivity index (χ4n) is 3.69. The van der Waals surface area contributed by atoms with Crippen LogP contribution in [0.4, 0.5) is 5.82 Å². The lowest BCUT2D eigenvalue weighted by Crippen LogP contribution is -2.33. The summed E-state index contributed by atoms with van der Waals surface area (Å²) in [6.45, 7) is 1.33. The number of hydrogen-bond acceptors (Lipinski definition) is 6. The Bertz CT molecular complexity index is 939. The molecular formula is C18H18N4O3. The van der Waals surface area contributed by atoms with Gasteiger partial charge in [-0.05, 0) is 36.6 Å². The molecule has 2 aliphatic heterocycles. The Morgan fingerprint density at radius 2 is 2.12 bits per heavy atom. The Labute approximate surface area is 144 Å². The van der Waals surface area contributed by atoms with Gasteiger partial charge < -0.3 is 19.5 Å². The number of nitrogens with zero attached hydrogens (tertiary/aromatic N) is 4. The molecule has 1 aromatic carbocycles. The van der Waals surface area contributed by atoms with Crippen molar-refractivity contribution in [3.63, 3.8) is 0 Å². The van der Waals surface area contributed by atoms with E-state index in [0.29, 0.717) is 0 Å². The highest BCUT2D eigenvalue weighted by Gasteiger charge is 2.26. The Kier molecular flexibility index (Phi) is 3.27. The number of aromatic nitrogens is 3. The van der Waals surface area contributed by atoms with Crippen molar-refractivity contribution in [1.82, 2.24) is 14.6 Å². The Morgan fingerprint density at radius 3 is 3.04 bits per heavy atom. The van der Waals surface area contributed by atoms with Crippen LogP contribution in [-0.4, -0.2) is 45.7 Å². The summed E-state index contributed by atoms with van der Waals surface area (Å²) in [5.41, 5.74) is 2.73. The van der Waals surface area contributed by atoms with E-state index in [1.54, 1.807) is 6.20 Å². The number of hydrogen-bond donors (Lipinski definition) is 1. The van der Waals surface area contributed by atoms with Gasteiger partial charge in [0, 0.05) is 18.3 Å². The van der Waals surface area contributed by atoms with Gasteiger partial charge >= 0.3 is 0 Å². The minimum Gasteiger partial charge on any atom is -0.454 e. The molecular weight excluding hydrogens is 320 g/mol. The zero-order valence-corrected chi connectivity index (χ0v) is 13.6. The molecule has 4 heterocycles. The van der Waals surface area contributed by atoms with E-state index >= 15 is 0 Å². The first-order chi connectivity index (χ1) is 12.3. The van der Waals surface area contributed by atoms with Gasteiger partial charge in [-0.15, -0.1) is 0 Å². The number of anilines is 1. The minimum absolute atomic E-state index is 0.142. The van der Waals surface area contributed by atoms with E-state index in [2.05, 4.69) is 15.0 Å². The molecule has 0 saturated carbocycles. The monoisotopic (exact) mass is 338 g/mol. The Morgan fingerprint density at radius 1 is 1.20 bits per heavy atom. The fraction of sp³-hybridized carbons (Fsp3) is 0.333. The summed E-state index contributed by atoms with van der Waals surface area (Å²) in [6, 6.07) is 7.96. The molecule has 2 aliphatic rings. The molecule has 3 aromatic rings. The first-order valence-electron chi connectivity index (χ1n) is 8.45. The van der Waals surface area contributed by atoms with E-state index in [1.165, 1.54) is 0 Å². The molecule has 0 radical (unpaired) electrons. The van der Waals surface area contributed by atoms with Crippen molar-refractivity contribution in [1.29, 1.82) is 0 Å². The maximum Gasteiger partial charge on any atom is 0.231 e. The molecule has 0 spiro atoms. The molecule has 0 aliphatic carbocycles. The van der Waals surface area contributed by atoms with Crippen LogP contribution in [0.1, 0.15) is 12.8 Å². The maximum atomic E-state index is 9.63. The van der Waals surface area contributed by atoms with Gasteiger partial charge in [0.15, 0.2) is 17.1 Å². The highest BCUT2D eigenvalue weighted by Crippen LogP contribution is 2.37. The zero-order valence-electron chi connectivity index (χ0n) is 13.6. The largest absolute Gasteiger partial charge is 0.454 e. The molecule has 25 heavy (non-hydrogen) atoms. The Balaban J connectivity index is 1.61. The van der Waals surface area contributed by atoms with Gasteiger partial charge in [-0.25, -0.2) is 4.98 Å². The van der Waals surface area contributed by atoms with Gasteiger partial charge in [-0.1, -0.05) is 6.07 Å². The molecule has 0 unspecified atom stereocenters. The quantitative estimate of drug-likeness (QED) is 0.788. The van der Waals surface area contributed by atoms with Crippen LogP contribution in [0.15, 0.2) is 36.7 Å². The summed E-state index contributed by atoms with van der Waals surface area (Å²) in [4.78, 5) is 6.75. The maximum absolute atomic E-state index is 9.63. The van der Waals surface area contributed by atoms with Crippen molar-refractivity contribution in [2.45, 2.75) is 18.9 Å². The highest BCUT2D eigenvalue weighted by molar-refractivity contribution is 5.79. The number of aliphatic hydroxyl groups is 1. The van der Waals surface area contributed by atoms with Crippen LogP contribution in [0, 0.1) is 0 Å². The molecule has 2 aromatic heterocycles. The normalized spacial score (nSPS) is 19.1. The third-order valence-corrected chi connectivity index (χ3v) is 4.95. The van der Waals surface area contributed by atoms with Gasteiger partial charge in [-0.2, -0.15) is 9.61 Å². The summed E-state index contributed by atoms with van der Waals surface area (Å²) in [5, 5.41) is 14.2. The van der Waals surface area contributed by atoms with Crippen molar-refractivity contribution in [2.75, 3.05) is 24.8 Å². The molecule has 7 nitrogen and oxygen atoms in total.